The van der Waals surface area contributed by atoms with Crippen LogP contribution in [0, 0.1) is 11.3 Å². The topological polar surface area (TPSA) is 115 Å². The van der Waals surface area contributed by atoms with E-state index in [4.69, 9.17) is 16.1 Å². The third-order valence-corrected chi connectivity index (χ3v) is 3.64. The van der Waals surface area contributed by atoms with Gasteiger partial charge in [-0.1, -0.05) is 0 Å². The first-order chi connectivity index (χ1) is 11.9. The Labute approximate surface area is 146 Å². The number of aromatic amines is 1. The van der Waals surface area contributed by atoms with E-state index in [1.807, 2.05) is 48.5 Å². The summed E-state index contributed by atoms with van der Waals surface area (Å²) < 4.78 is 0. The number of nitrogens with two attached hydrogens (primary N) is 1. The minimum Gasteiger partial charge on any atom is -0.512 e. The van der Waals surface area contributed by atoms with Crippen LogP contribution in [0.1, 0.15) is 13.8 Å². The Bertz CT molecular complexity index is 917. The molecule has 25 heavy (non-hydrogen) atoms. The van der Waals surface area contributed by atoms with Gasteiger partial charge in [0.15, 0.2) is 0 Å². The van der Waals surface area contributed by atoms with E-state index in [0.29, 0.717) is 5.57 Å². The summed E-state index contributed by atoms with van der Waals surface area (Å²) in [6.07, 6.45) is 3.42. The van der Waals surface area contributed by atoms with Crippen LogP contribution in [0.25, 0.3) is 11.0 Å². The molecule has 1 aromatic carbocycles. The second-order valence-corrected chi connectivity index (χ2v) is 5.41. The molecule has 128 valence electrons. The first-order valence-corrected chi connectivity index (χ1v) is 7.58. The van der Waals surface area contributed by atoms with Gasteiger partial charge in [0.05, 0.1) is 17.0 Å². The number of aliphatic hydroxyl groups excluding tert-OH is 1. The molecule has 0 amide bonds. The number of hydrogen-bond acceptors (Lipinski definition) is 6. The fraction of sp³-hybridized carbons (Fsp3) is 0.167. The third kappa shape index (κ3) is 4.26. The second kappa shape index (κ2) is 7.84. The lowest BCUT2D eigenvalue weighted by atomic mass is 10.2. The molecule has 0 saturated carbocycles. The lowest BCUT2D eigenvalue weighted by molar-refractivity contribution is 0.409. The predicted molar refractivity (Wildman–Crippen MR) is 99.4 cm³/mol. The van der Waals surface area contributed by atoms with Crippen molar-refractivity contribution in [3.05, 3.63) is 54.2 Å². The van der Waals surface area contributed by atoms with Crippen molar-refractivity contribution < 1.29 is 5.11 Å². The Morgan fingerprint density at radius 3 is 2.44 bits per heavy atom. The van der Waals surface area contributed by atoms with Crippen molar-refractivity contribution in [2.45, 2.75) is 13.8 Å². The minimum absolute atomic E-state index is 0.0995. The van der Waals surface area contributed by atoms with E-state index < -0.39 is 0 Å². The number of nitriles is 1. The summed E-state index contributed by atoms with van der Waals surface area (Å²) in [5, 5.41) is 17.5. The molecular formula is C18H20N6O. The molecule has 3 rings (SSSR count). The minimum atomic E-state index is 0.0995. The molecular weight excluding hydrogens is 316 g/mol. The molecule has 0 fully saturated rings. The van der Waals surface area contributed by atoms with E-state index in [1.54, 1.807) is 19.3 Å². The van der Waals surface area contributed by atoms with Gasteiger partial charge in [0.2, 0.25) is 0 Å². The highest BCUT2D eigenvalue weighted by Crippen LogP contribution is 2.27. The monoisotopic (exact) mass is 336 g/mol. The van der Waals surface area contributed by atoms with Crippen LogP contribution in [0.2, 0.25) is 0 Å². The maximum Gasteiger partial charge on any atom is 0.145 e. The summed E-state index contributed by atoms with van der Waals surface area (Å²) in [5.41, 5.74) is 8.69. The number of nitrogen functional groups attached to an aromatic ring is 1. The van der Waals surface area contributed by atoms with Gasteiger partial charge in [-0.2, -0.15) is 5.26 Å². The first kappa shape index (κ1) is 17.8. The van der Waals surface area contributed by atoms with Crippen LogP contribution in [-0.4, -0.2) is 27.1 Å². The number of benzene rings is 1. The predicted octanol–water partition coefficient (Wildman–Crippen LogP) is 3.67. The Hall–Kier alpha value is -3.53. The third-order valence-electron chi connectivity index (χ3n) is 3.64. The highest BCUT2D eigenvalue weighted by Gasteiger charge is 2.10. The van der Waals surface area contributed by atoms with E-state index in [0.717, 1.165) is 28.2 Å². The van der Waals surface area contributed by atoms with Gasteiger partial charge in [-0.05, 0) is 44.2 Å². The Kier molecular flexibility index (Phi) is 5.58. The average molecular weight is 336 g/mol. The number of allylic oxidation sites excluding steroid dienone is 2. The molecule has 7 heteroatoms. The highest BCUT2D eigenvalue weighted by molar-refractivity contribution is 5.89. The SMILES string of the molecule is CC(O)=C(C)C#N.CN(c1ccc(N)cc1)c1ncnc2[nH]ccc12. The van der Waals surface area contributed by atoms with E-state index in [9.17, 15) is 0 Å². The van der Waals surface area contributed by atoms with Crippen molar-refractivity contribution in [1.29, 1.82) is 5.26 Å². The van der Waals surface area contributed by atoms with Crippen molar-refractivity contribution in [1.82, 2.24) is 15.0 Å². The Morgan fingerprint density at radius 1 is 1.20 bits per heavy atom. The lowest BCUT2D eigenvalue weighted by Gasteiger charge is -2.18. The fourth-order valence-electron chi connectivity index (χ4n) is 2.03. The molecule has 7 nitrogen and oxygen atoms in total. The van der Waals surface area contributed by atoms with Gasteiger partial charge in [-0.25, -0.2) is 9.97 Å². The van der Waals surface area contributed by atoms with Crippen molar-refractivity contribution in [3.8, 4) is 6.07 Å². The second-order valence-electron chi connectivity index (χ2n) is 5.41. The molecule has 4 N–H and O–H groups in total. The van der Waals surface area contributed by atoms with E-state index in [-0.39, 0.29) is 5.76 Å². The number of aromatic nitrogens is 3. The molecule has 0 aliphatic heterocycles. The molecule has 2 heterocycles. The number of nitrogens with zero attached hydrogens (tertiary/aromatic N) is 4. The summed E-state index contributed by atoms with van der Waals surface area (Å²) in [6, 6.07) is 11.5. The molecule has 0 aliphatic rings. The van der Waals surface area contributed by atoms with Crippen LogP contribution in [0.5, 0.6) is 0 Å². The molecule has 2 aromatic heterocycles. The molecule has 0 radical (unpaired) electrons. The van der Waals surface area contributed by atoms with Crippen LogP contribution in [0.3, 0.4) is 0 Å². The zero-order valence-electron chi connectivity index (χ0n) is 14.4. The van der Waals surface area contributed by atoms with E-state index in [1.165, 1.54) is 6.92 Å². The van der Waals surface area contributed by atoms with Crippen LogP contribution in [0.4, 0.5) is 17.2 Å². The Morgan fingerprint density at radius 2 is 1.88 bits per heavy atom. The van der Waals surface area contributed by atoms with E-state index in [2.05, 4.69) is 15.0 Å². The van der Waals surface area contributed by atoms with Gasteiger partial charge < -0.3 is 20.7 Å². The summed E-state index contributed by atoms with van der Waals surface area (Å²) >= 11 is 0. The van der Waals surface area contributed by atoms with Crippen LogP contribution in [-0.2, 0) is 0 Å². The van der Waals surface area contributed by atoms with Crippen LogP contribution < -0.4 is 10.6 Å². The standard InChI is InChI=1S/C13H13N5.C5H7NO/c1-18(10-4-2-9(14)3-5-10)13-11-6-7-15-12(11)16-8-17-13;1-4(3-6)5(2)7/h2-8H,14H2,1H3,(H,15,16,17);7H,1-2H3. The van der Waals surface area contributed by atoms with Crippen molar-refractivity contribution >= 4 is 28.2 Å². The maximum absolute atomic E-state index is 8.48. The largest absolute Gasteiger partial charge is 0.512 e. The summed E-state index contributed by atoms with van der Waals surface area (Å²) in [5.74, 6) is 0.966. The number of H-pyrrole nitrogens is 1. The molecule has 0 unspecified atom stereocenters. The van der Waals surface area contributed by atoms with Gasteiger partial charge >= 0.3 is 0 Å². The van der Waals surface area contributed by atoms with Crippen LogP contribution in [0.15, 0.2) is 54.2 Å². The van der Waals surface area contributed by atoms with Gasteiger partial charge in [-0.15, -0.1) is 0 Å². The maximum atomic E-state index is 8.48. The number of rotatable bonds is 2. The quantitative estimate of drug-likeness (QED) is 0.374. The van der Waals surface area contributed by atoms with Gasteiger partial charge in [0, 0.05) is 24.6 Å². The number of hydrogen-bond donors (Lipinski definition) is 3. The van der Waals surface area contributed by atoms with Gasteiger partial charge in [0.1, 0.15) is 23.6 Å². The molecule has 0 atom stereocenters. The Balaban J connectivity index is 0.000000277. The normalized spacial score (nSPS) is 11.1. The lowest BCUT2D eigenvalue weighted by Crippen LogP contribution is -2.11. The van der Waals surface area contributed by atoms with Crippen LogP contribution >= 0.6 is 0 Å². The van der Waals surface area contributed by atoms with Crippen molar-refractivity contribution in [2.24, 2.45) is 0 Å². The fourth-order valence-corrected chi connectivity index (χ4v) is 2.03. The van der Waals surface area contributed by atoms with Gasteiger partial charge in [0.25, 0.3) is 0 Å². The smallest absolute Gasteiger partial charge is 0.145 e. The molecule has 0 bridgehead atoms. The highest BCUT2D eigenvalue weighted by atomic mass is 16.3. The van der Waals surface area contributed by atoms with Gasteiger partial charge in [-0.3, -0.25) is 0 Å². The zero-order chi connectivity index (χ0) is 18.4. The zero-order valence-corrected chi connectivity index (χ0v) is 14.4. The van der Waals surface area contributed by atoms with Crippen molar-refractivity contribution in [2.75, 3.05) is 17.7 Å². The molecule has 0 spiro atoms. The average Bonchev–Trinajstić information content (AvgIpc) is 3.10. The summed E-state index contributed by atoms with van der Waals surface area (Å²) in [4.78, 5) is 13.6. The summed E-state index contributed by atoms with van der Waals surface area (Å²) in [7, 11) is 1.97. The molecule has 0 aliphatic carbocycles. The van der Waals surface area contributed by atoms with E-state index >= 15 is 0 Å². The number of fused-ring (bicyclic) bond motifs is 1. The number of nitrogens with one attached hydrogen (secondary N) is 1. The molecule has 0 saturated heterocycles. The number of anilines is 3. The number of aliphatic hydroxyl groups is 1. The van der Waals surface area contributed by atoms with Crippen molar-refractivity contribution in [3.63, 3.8) is 0 Å². The first-order valence-electron chi connectivity index (χ1n) is 7.58. The summed E-state index contributed by atoms with van der Waals surface area (Å²) in [6.45, 7) is 3.05. The molecule has 3 aromatic rings.